The molecule has 96 valence electrons. The van der Waals surface area contributed by atoms with E-state index in [4.69, 9.17) is 0 Å². The minimum Gasteiger partial charge on any atom is -0.508 e. The molecule has 1 aliphatic rings. The zero-order valence-electron chi connectivity index (χ0n) is 9.72. The fraction of sp³-hybridized carbons (Fsp3) is 0.333. The van der Waals surface area contributed by atoms with Gasteiger partial charge in [0.15, 0.2) is 5.12 Å². The maximum atomic E-state index is 13.6. The molecule has 1 aliphatic heterocycles. The molecule has 1 aromatic carbocycles. The lowest BCUT2D eigenvalue weighted by Crippen LogP contribution is -2.25. The van der Waals surface area contributed by atoms with Crippen molar-refractivity contribution in [3.63, 3.8) is 0 Å². The van der Waals surface area contributed by atoms with Crippen LogP contribution in [0.4, 0.5) is 10.1 Å². The van der Waals surface area contributed by atoms with E-state index in [1.165, 1.54) is 24.0 Å². The second kappa shape index (κ2) is 4.97. The van der Waals surface area contributed by atoms with E-state index in [0.717, 1.165) is 17.8 Å². The van der Waals surface area contributed by atoms with Crippen LogP contribution in [0.3, 0.4) is 0 Å². The summed E-state index contributed by atoms with van der Waals surface area (Å²) in [6.07, 6.45) is 0.208. The summed E-state index contributed by atoms with van der Waals surface area (Å²) < 4.78 is 13.6. The van der Waals surface area contributed by atoms with Crippen LogP contribution in [0.5, 0.6) is 5.75 Å². The van der Waals surface area contributed by atoms with Gasteiger partial charge < -0.3 is 10.0 Å². The number of amides is 1. The fourth-order valence-electron chi connectivity index (χ4n) is 1.93. The molecule has 0 saturated carbocycles. The number of carbonyl (C=O) groups is 2. The summed E-state index contributed by atoms with van der Waals surface area (Å²) in [5.41, 5.74) is 0.0617. The van der Waals surface area contributed by atoms with E-state index in [1.54, 1.807) is 0 Å². The number of phenolic OH excluding ortho intramolecular Hbond substituents is 1. The third kappa shape index (κ3) is 2.64. The number of aromatic hydroxyl groups is 1. The molecule has 1 saturated heterocycles. The second-order valence-corrected chi connectivity index (χ2v) is 5.55. The van der Waals surface area contributed by atoms with Crippen LogP contribution in [-0.2, 0) is 9.59 Å². The number of benzene rings is 1. The number of nitrogens with zero attached hydrogens (tertiary/aromatic N) is 1. The summed E-state index contributed by atoms with van der Waals surface area (Å²) in [4.78, 5) is 24.0. The Balaban J connectivity index is 2.21. The summed E-state index contributed by atoms with van der Waals surface area (Å²) in [6.45, 7) is 1.72. The lowest BCUT2D eigenvalue weighted by molar-refractivity contribution is -0.117. The van der Waals surface area contributed by atoms with Crippen molar-refractivity contribution in [3.05, 3.63) is 24.0 Å². The minimum absolute atomic E-state index is 0.0617. The van der Waals surface area contributed by atoms with Crippen LogP contribution in [0.25, 0.3) is 0 Å². The molecule has 2 rings (SSSR count). The van der Waals surface area contributed by atoms with Crippen LogP contribution < -0.4 is 4.90 Å². The average Bonchev–Trinajstić information content (AvgIpc) is 2.62. The first-order valence-electron chi connectivity index (χ1n) is 5.43. The van der Waals surface area contributed by atoms with Gasteiger partial charge in [-0.05, 0) is 12.1 Å². The van der Waals surface area contributed by atoms with Gasteiger partial charge in [0.25, 0.3) is 0 Å². The Labute approximate surface area is 108 Å². The van der Waals surface area contributed by atoms with Crippen LogP contribution >= 0.6 is 11.8 Å². The lowest BCUT2D eigenvalue weighted by Gasteiger charge is -2.17. The SMILES string of the molecule is CC(=O)SC1CC(=O)N(c2cc(O)ccc2F)C1. The lowest BCUT2D eigenvalue weighted by atomic mass is 10.2. The zero-order valence-corrected chi connectivity index (χ0v) is 10.5. The van der Waals surface area contributed by atoms with E-state index in [2.05, 4.69) is 0 Å². The molecule has 1 aromatic rings. The van der Waals surface area contributed by atoms with Crippen molar-refractivity contribution >= 4 is 28.5 Å². The standard InChI is InChI=1S/C12H12FNO3S/c1-7(15)18-9-5-12(17)14(6-9)11-4-8(16)2-3-10(11)13/h2-4,9,16H,5-6H2,1H3. The number of anilines is 1. The van der Waals surface area contributed by atoms with Gasteiger partial charge in [-0.1, -0.05) is 11.8 Å². The van der Waals surface area contributed by atoms with E-state index in [0.29, 0.717) is 0 Å². The van der Waals surface area contributed by atoms with Crippen LogP contribution in [-0.4, -0.2) is 27.9 Å². The molecule has 6 heteroatoms. The van der Waals surface area contributed by atoms with Crippen molar-refractivity contribution in [2.24, 2.45) is 0 Å². The molecule has 1 fully saturated rings. The molecule has 1 unspecified atom stereocenters. The van der Waals surface area contributed by atoms with Gasteiger partial charge >= 0.3 is 0 Å². The summed E-state index contributed by atoms with van der Waals surface area (Å²) in [6, 6.07) is 3.55. The van der Waals surface area contributed by atoms with Gasteiger partial charge in [-0.15, -0.1) is 0 Å². The smallest absolute Gasteiger partial charge is 0.228 e. The highest BCUT2D eigenvalue weighted by Gasteiger charge is 2.33. The number of hydrogen-bond donors (Lipinski definition) is 1. The van der Waals surface area contributed by atoms with E-state index < -0.39 is 5.82 Å². The van der Waals surface area contributed by atoms with Gasteiger partial charge in [-0.25, -0.2) is 4.39 Å². The number of carbonyl (C=O) groups excluding carboxylic acids is 2. The molecule has 1 heterocycles. The van der Waals surface area contributed by atoms with Crippen molar-refractivity contribution in [1.29, 1.82) is 0 Å². The molecule has 0 radical (unpaired) electrons. The summed E-state index contributed by atoms with van der Waals surface area (Å²) in [7, 11) is 0. The first-order chi connectivity index (χ1) is 8.47. The van der Waals surface area contributed by atoms with Crippen molar-refractivity contribution < 1.29 is 19.1 Å². The van der Waals surface area contributed by atoms with Crippen LogP contribution in [0, 0.1) is 5.82 Å². The molecule has 0 bridgehead atoms. The van der Waals surface area contributed by atoms with Crippen molar-refractivity contribution in [2.75, 3.05) is 11.4 Å². The molecule has 18 heavy (non-hydrogen) atoms. The maximum Gasteiger partial charge on any atom is 0.228 e. The normalized spacial score (nSPS) is 19.3. The first kappa shape index (κ1) is 12.9. The highest BCUT2D eigenvalue weighted by atomic mass is 32.2. The number of rotatable bonds is 2. The van der Waals surface area contributed by atoms with Gasteiger partial charge in [0.2, 0.25) is 5.91 Å². The maximum absolute atomic E-state index is 13.6. The van der Waals surface area contributed by atoms with Crippen LogP contribution in [0.15, 0.2) is 18.2 Å². The predicted octanol–water partition coefficient (Wildman–Crippen LogP) is 1.92. The van der Waals surface area contributed by atoms with Gasteiger partial charge in [0.05, 0.1) is 5.69 Å². The largest absolute Gasteiger partial charge is 0.508 e. The molecule has 0 aliphatic carbocycles. The van der Waals surface area contributed by atoms with E-state index in [9.17, 15) is 19.1 Å². The Kier molecular flexibility index (Phi) is 3.56. The fourth-order valence-corrected chi connectivity index (χ4v) is 2.85. The zero-order chi connectivity index (χ0) is 13.3. The third-order valence-corrected chi connectivity index (χ3v) is 3.62. The second-order valence-electron chi connectivity index (χ2n) is 4.08. The summed E-state index contributed by atoms with van der Waals surface area (Å²) in [5, 5.41) is 9.11. The monoisotopic (exact) mass is 269 g/mol. The van der Waals surface area contributed by atoms with Crippen LogP contribution in [0.1, 0.15) is 13.3 Å². The minimum atomic E-state index is -0.561. The highest BCUT2D eigenvalue weighted by molar-refractivity contribution is 8.14. The Hall–Kier alpha value is -1.56. The van der Waals surface area contributed by atoms with Crippen LogP contribution in [0.2, 0.25) is 0 Å². The third-order valence-electron chi connectivity index (χ3n) is 2.64. The molecule has 1 atom stereocenters. The highest BCUT2D eigenvalue weighted by Crippen LogP contribution is 2.31. The Morgan fingerprint density at radius 2 is 2.28 bits per heavy atom. The van der Waals surface area contributed by atoms with Crippen molar-refractivity contribution in [2.45, 2.75) is 18.6 Å². The molecule has 1 amide bonds. The van der Waals surface area contributed by atoms with Crippen molar-refractivity contribution in [3.8, 4) is 5.75 Å². The summed E-state index contributed by atoms with van der Waals surface area (Å²) >= 11 is 1.09. The Morgan fingerprint density at radius 3 is 2.94 bits per heavy atom. The molecular weight excluding hydrogens is 257 g/mol. The Bertz CT molecular complexity index is 506. The Morgan fingerprint density at radius 1 is 1.56 bits per heavy atom. The molecule has 0 aromatic heterocycles. The number of phenols is 1. The quantitative estimate of drug-likeness (QED) is 0.891. The van der Waals surface area contributed by atoms with Gasteiger partial charge in [0.1, 0.15) is 11.6 Å². The molecule has 4 nitrogen and oxygen atoms in total. The van der Waals surface area contributed by atoms with Gasteiger partial charge in [-0.2, -0.15) is 0 Å². The summed E-state index contributed by atoms with van der Waals surface area (Å²) in [5.74, 6) is -0.894. The van der Waals surface area contributed by atoms with Crippen molar-refractivity contribution in [1.82, 2.24) is 0 Å². The van der Waals surface area contributed by atoms with E-state index >= 15 is 0 Å². The molecule has 1 N–H and O–H groups in total. The number of thioether (sulfide) groups is 1. The van der Waals surface area contributed by atoms with Gasteiger partial charge in [0, 0.05) is 31.2 Å². The van der Waals surface area contributed by atoms with E-state index in [1.807, 2.05) is 0 Å². The van der Waals surface area contributed by atoms with E-state index in [-0.39, 0.29) is 40.7 Å². The first-order valence-corrected chi connectivity index (χ1v) is 6.31. The number of halogens is 1. The average molecular weight is 269 g/mol. The number of hydrogen-bond acceptors (Lipinski definition) is 4. The molecule has 0 spiro atoms. The predicted molar refractivity (Wildman–Crippen MR) is 67.1 cm³/mol. The van der Waals surface area contributed by atoms with Gasteiger partial charge in [-0.3, -0.25) is 9.59 Å². The molecular formula is C12H12FNO3S. The topological polar surface area (TPSA) is 57.6 Å².